The highest BCUT2D eigenvalue weighted by Crippen LogP contribution is 2.23. The molecule has 1 unspecified atom stereocenters. The first-order chi connectivity index (χ1) is 8.47. The fourth-order valence-corrected chi connectivity index (χ4v) is 3.50. The van der Waals surface area contributed by atoms with E-state index >= 15 is 0 Å². The van der Waals surface area contributed by atoms with Gasteiger partial charge in [-0.2, -0.15) is 0 Å². The minimum absolute atomic E-state index is 0.112. The lowest BCUT2D eigenvalue weighted by atomic mass is 10.2. The topological polar surface area (TPSA) is 23.6 Å². The van der Waals surface area contributed by atoms with E-state index in [2.05, 4.69) is 50.9 Å². The molecule has 1 amide bonds. The first-order valence-electron chi connectivity index (χ1n) is 5.89. The fourth-order valence-electron chi connectivity index (χ4n) is 2.21. The second kappa shape index (κ2) is 5.72. The summed E-state index contributed by atoms with van der Waals surface area (Å²) in [6.07, 6.45) is 1.05. The van der Waals surface area contributed by atoms with Crippen molar-refractivity contribution in [3.8, 4) is 0 Å². The highest BCUT2D eigenvalue weighted by Gasteiger charge is 2.28. The number of rotatable bonds is 2. The monoisotopic (exact) mass is 374 g/mol. The van der Waals surface area contributed by atoms with Crippen LogP contribution < -0.4 is 0 Å². The van der Waals surface area contributed by atoms with Crippen LogP contribution in [0.25, 0.3) is 0 Å². The second-order valence-corrected chi connectivity index (χ2v) is 6.65. The van der Waals surface area contributed by atoms with E-state index in [1.165, 1.54) is 0 Å². The summed E-state index contributed by atoms with van der Waals surface area (Å²) in [5.41, 5.74) is 0.732. The van der Waals surface area contributed by atoms with Gasteiger partial charge in [-0.3, -0.25) is 4.79 Å². The first-order valence-corrected chi connectivity index (χ1v) is 7.48. The normalized spacial score (nSPS) is 19.6. The molecule has 18 heavy (non-hydrogen) atoms. The van der Waals surface area contributed by atoms with Crippen LogP contribution in [0.4, 0.5) is 0 Å². The van der Waals surface area contributed by atoms with E-state index in [1.54, 1.807) is 0 Å². The molecular weight excluding hydrogens is 360 g/mol. The van der Waals surface area contributed by atoms with Gasteiger partial charge in [-0.1, -0.05) is 31.9 Å². The Morgan fingerprint density at radius 3 is 2.39 bits per heavy atom. The van der Waals surface area contributed by atoms with Crippen LogP contribution in [0.3, 0.4) is 0 Å². The van der Waals surface area contributed by atoms with Gasteiger partial charge in [-0.05, 0) is 38.7 Å². The van der Waals surface area contributed by atoms with E-state index in [-0.39, 0.29) is 5.91 Å². The van der Waals surface area contributed by atoms with Crippen LogP contribution >= 0.6 is 31.9 Å². The SMILES string of the molecule is CN(C)C1CCN(C(=O)c2cc(Br)cc(Br)c2)C1. The number of likely N-dealkylation sites (tertiary alicyclic amines) is 1. The third-order valence-electron chi connectivity index (χ3n) is 3.29. The first kappa shape index (κ1) is 14.0. The summed E-state index contributed by atoms with van der Waals surface area (Å²) >= 11 is 6.83. The summed E-state index contributed by atoms with van der Waals surface area (Å²) in [4.78, 5) is 16.5. The maximum atomic E-state index is 12.4. The summed E-state index contributed by atoms with van der Waals surface area (Å²) in [5, 5.41) is 0. The smallest absolute Gasteiger partial charge is 0.253 e. The molecule has 1 aliphatic heterocycles. The molecule has 2 rings (SSSR count). The van der Waals surface area contributed by atoms with Crippen molar-refractivity contribution in [2.24, 2.45) is 0 Å². The lowest BCUT2D eigenvalue weighted by molar-refractivity contribution is 0.0783. The molecule has 1 aliphatic rings. The Labute approximate surface area is 124 Å². The molecule has 1 aromatic rings. The summed E-state index contributed by atoms with van der Waals surface area (Å²) < 4.78 is 1.84. The van der Waals surface area contributed by atoms with Crippen LogP contribution in [-0.2, 0) is 0 Å². The van der Waals surface area contributed by atoms with Gasteiger partial charge >= 0.3 is 0 Å². The van der Waals surface area contributed by atoms with Gasteiger partial charge in [-0.25, -0.2) is 0 Å². The number of likely N-dealkylation sites (N-methyl/N-ethyl adjacent to an activating group) is 1. The predicted octanol–water partition coefficient (Wildman–Crippen LogP) is 2.99. The van der Waals surface area contributed by atoms with Gasteiger partial charge in [0.15, 0.2) is 0 Å². The van der Waals surface area contributed by atoms with E-state index in [4.69, 9.17) is 0 Å². The van der Waals surface area contributed by atoms with Crippen molar-refractivity contribution >= 4 is 37.8 Å². The summed E-state index contributed by atoms with van der Waals surface area (Å²) in [7, 11) is 4.13. The van der Waals surface area contributed by atoms with Gasteiger partial charge in [0.2, 0.25) is 0 Å². The van der Waals surface area contributed by atoms with E-state index in [9.17, 15) is 4.79 Å². The van der Waals surface area contributed by atoms with Crippen LogP contribution in [0.15, 0.2) is 27.1 Å². The van der Waals surface area contributed by atoms with Crippen LogP contribution in [-0.4, -0.2) is 48.9 Å². The van der Waals surface area contributed by atoms with Gasteiger partial charge in [0.25, 0.3) is 5.91 Å². The van der Waals surface area contributed by atoms with Gasteiger partial charge < -0.3 is 9.80 Å². The Balaban J connectivity index is 2.12. The molecule has 0 radical (unpaired) electrons. The lowest BCUT2D eigenvalue weighted by Gasteiger charge is -2.20. The predicted molar refractivity (Wildman–Crippen MR) is 79.8 cm³/mol. The molecule has 0 bridgehead atoms. The number of benzene rings is 1. The number of carbonyl (C=O) groups excluding carboxylic acids is 1. The van der Waals surface area contributed by atoms with Crippen molar-refractivity contribution in [1.29, 1.82) is 0 Å². The van der Waals surface area contributed by atoms with Crippen molar-refractivity contribution in [1.82, 2.24) is 9.80 Å². The molecule has 5 heteroatoms. The maximum Gasteiger partial charge on any atom is 0.253 e. The summed E-state index contributed by atoms with van der Waals surface area (Å²) in [6, 6.07) is 6.15. The van der Waals surface area contributed by atoms with E-state index in [1.807, 2.05) is 23.1 Å². The molecular formula is C13H16Br2N2O. The summed E-state index contributed by atoms with van der Waals surface area (Å²) in [6.45, 7) is 1.65. The third-order valence-corrected chi connectivity index (χ3v) is 4.21. The highest BCUT2D eigenvalue weighted by molar-refractivity contribution is 9.11. The van der Waals surface area contributed by atoms with Crippen molar-refractivity contribution < 1.29 is 4.79 Å². The Bertz CT molecular complexity index is 442. The molecule has 0 N–H and O–H groups in total. The number of carbonyl (C=O) groups is 1. The average Bonchev–Trinajstić information content (AvgIpc) is 2.75. The zero-order chi connectivity index (χ0) is 13.3. The molecule has 1 atom stereocenters. The van der Waals surface area contributed by atoms with Crippen molar-refractivity contribution in [3.63, 3.8) is 0 Å². The molecule has 1 fully saturated rings. The molecule has 0 aliphatic carbocycles. The van der Waals surface area contributed by atoms with E-state index < -0.39 is 0 Å². The van der Waals surface area contributed by atoms with Crippen LogP contribution in [0.1, 0.15) is 16.8 Å². The van der Waals surface area contributed by atoms with Gasteiger partial charge in [0.1, 0.15) is 0 Å². The molecule has 0 saturated carbocycles. The van der Waals surface area contributed by atoms with Crippen molar-refractivity contribution in [3.05, 3.63) is 32.7 Å². The fraction of sp³-hybridized carbons (Fsp3) is 0.462. The Morgan fingerprint density at radius 2 is 1.89 bits per heavy atom. The molecule has 3 nitrogen and oxygen atoms in total. The van der Waals surface area contributed by atoms with E-state index in [0.29, 0.717) is 6.04 Å². The third kappa shape index (κ3) is 3.13. The number of halogens is 2. The van der Waals surface area contributed by atoms with E-state index in [0.717, 1.165) is 34.0 Å². The van der Waals surface area contributed by atoms with Crippen molar-refractivity contribution in [2.45, 2.75) is 12.5 Å². The van der Waals surface area contributed by atoms with Gasteiger partial charge in [0, 0.05) is 33.6 Å². The Morgan fingerprint density at radius 1 is 1.28 bits per heavy atom. The maximum absolute atomic E-state index is 12.4. The largest absolute Gasteiger partial charge is 0.337 e. The van der Waals surface area contributed by atoms with Gasteiger partial charge in [0.05, 0.1) is 0 Å². The zero-order valence-electron chi connectivity index (χ0n) is 10.5. The van der Waals surface area contributed by atoms with Gasteiger partial charge in [-0.15, -0.1) is 0 Å². The molecule has 98 valence electrons. The standard InChI is InChI=1S/C13H16Br2N2O/c1-16(2)12-3-4-17(8-12)13(18)9-5-10(14)7-11(15)6-9/h5-7,12H,3-4,8H2,1-2H3. The number of hydrogen-bond donors (Lipinski definition) is 0. The minimum Gasteiger partial charge on any atom is -0.337 e. The highest BCUT2D eigenvalue weighted by atomic mass is 79.9. The second-order valence-electron chi connectivity index (χ2n) is 4.82. The van der Waals surface area contributed by atoms with Crippen LogP contribution in [0.2, 0.25) is 0 Å². The molecule has 1 saturated heterocycles. The Kier molecular flexibility index (Phi) is 4.45. The Hall–Kier alpha value is -0.390. The average molecular weight is 376 g/mol. The molecule has 0 aromatic heterocycles. The van der Waals surface area contributed by atoms with Crippen molar-refractivity contribution in [2.75, 3.05) is 27.2 Å². The lowest BCUT2D eigenvalue weighted by Crippen LogP contribution is -2.34. The number of nitrogens with zero attached hydrogens (tertiary/aromatic N) is 2. The molecule has 1 aromatic carbocycles. The minimum atomic E-state index is 0.112. The quantitative estimate of drug-likeness (QED) is 0.793. The molecule has 1 heterocycles. The number of hydrogen-bond acceptors (Lipinski definition) is 2. The van der Waals surface area contributed by atoms with Crippen LogP contribution in [0.5, 0.6) is 0 Å². The number of amides is 1. The molecule has 0 spiro atoms. The zero-order valence-corrected chi connectivity index (χ0v) is 13.7. The summed E-state index contributed by atoms with van der Waals surface area (Å²) in [5.74, 6) is 0.112. The van der Waals surface area contributed by atoms with Crippen LogP contribution in [0, 0.1) is 0 Å².